The Balaban J connectivity index is 0.00000320. The van der Waals surface area contributed by atoms with E-state index in [2.05, 4.69) is 89.1 Å². The molecule has 1 aromatic heterocycles. The fraction of sp³-hybridized carbons (Fsp3) is 0.250. The van der Waals surface area contributed by atoms with E-state index < -0.39 is 5.41 Å². The van der Waals surface area contributed by atoms with Gasteiger partial charge in [-0.25, -0.2) is 9.13 Å². The van der Waals surface area contributed by atoms with Gasteiger partial charge in [0, 0.05) is 6.92 Å². The number of imidazole rings is 1. The van der Waals surface area contributed by atoms with Crippen LogP contribution in [0.3, 0.4) is 0 Å². The van der Waals surface area contributed by atoms with Gasteiger partial charge >= 0.3 is 0 Å². The van der Waals surface area contributed by atoms with Crippen molar-refractivity contribution in [1.82, 2.24) is 4.57 Å². The summed E-state index contributed by atoms with van der Waals surface area (Å²) in [4.78, 5) is 13.4. The van der Waals surface area contributed by atoms with Gasteiger partial charge in [-0.3, -0.25) is 4.79 Å². The van der Waals surface area contributed by atoms with Crippen LogP contribution in [0.4, 0.5) is 0 Å². The lowest BCUT2D eigenvalue weighted by Crippen LogP contribution is -3.00. The molecule has 0 aliphatic heterocycles. The smallest absolute Gasteiger partial charge is 0.253 e. The molecule has 1 aliphatic rings. The minimum Gasteiger partial charge on any atom is -1.00 e. The summed E-state index contributed by atoms with van der Waals surface area (Å²) in [5.41, 5.74) is 8.62. The van der Waals surface area contributed by atoms with Crippen molar-refractivity contribution in [2.45, 2.75) is 44.2 Å². The predicted octanol–water partition coefficient (Wildman–Crippen LogP) is 2.61. The zero-order chi connectivity index (χ0) is 25.0. The number of carbonyl (C=O) groups is 1. The number of halogens is 1. The van der Waals surface area contributed by atoms with Gasteiger partial charge in [-0.2, -0.15) is 0 Å². The van der Waals surface area contributed by atoms with E-state index in [0.717, 1.165) is 36.9 Å². The van der Waals surface area contributed by atoms with Gasteiger partial charge in [0.15, 0.2) is 0 Å². The number of amides is 1. The SMILES string of the molecule is Cc1n([C@H]2CC[C@@H](C(C(N)=O)(c3ccccc3)c3ccccc3)C2)cc[n+]1CC=Cc1ccccc1.[Br-]. The van der Waals surface area contributed by atoms with Crippen LogP contribution in [0, 0.1) is 12.8 Å². The summed E-state index contributed by atoms with van der Waals surface area (Å²) in [6.07, 6.45) is 11.6. The quantitative estimate of drug-likeness (QED) is 0.334. The molecule has 3 aromatic carbocycles. The van der Waals surface area contributed by atoms with Gasteiger partial charge in [-0.1, -0.05) is 97.1 Å². The number of allylic oxidation sites excluding steroid dienone is 1. The maximum absolute atomic E-state index is 13.4. The standard InChI is InChI=1S/C32H33N3O.BrH/c1-25-34(21-11-14-26-12-5-2-6-13-26)22-23-35(25)30-20-19-29(24-30)32(31(33)36,27-15-7-3-8-16-27)28-17-9-4-10-18-28;/h2-18,22-23,29-30H,19-21,24H2,1H3,(H-,33,36);1H/t29-,30+;/m1./s1. The average Bonchev–Trinajstić information content (AvgIpc) is 3.53. The van der Waals surface area contributed by atoms with Crippen molar-refractivity contribution in [3.05, 3.63) is 132 Å². The van der Waals surface area contributed by atoms with Gasteiger partial charge in [-0.15, -0.1) is 0 Å². The minimum atomic E-state index is -0.841. The third-order valence-corrected chi connectivity index (χ3v) is 7.87. The molecule has 4 aromatic rings. The lowest BCUT2D eigenvalue weighted by atomic mass is 9.64. The lowest BCUT2D eigenvalue weighted by molar-refractivity contribution is -0.692. The molecule has 190 valence electrons. The van der Waals surface area contributed by atoms with Crippen LogP contribution in [0.25, 0.3) is 6.08 Å². The molecule has 5 rings (SSSR count). The summed E-state index contributed by atoms with van der Waals surface area (Å²) in [6, 6.07) is 30.9. The van der Waals surface area contributed by atoms with Crippen molar-refractivity contribution in [2.75, 3.05) is 0 Å². The second kappa shape index (κ2) is 11.7. The second-order valence-corrected chi connectivity index (χ2v) is 9.79. The molecule has 2 atom stereocenters. The Kier molecular flexibility index (Phi) is 8.45. The van der Waals surface area contributed by atoms with Gasteiger partial charge in [0.2, 0.25) is 5.91 Å². The van der Waals surface area contributed by atoms with Crippen LogP contribution in [0.15, 0.2) is 109 Å². The van der Waals surface area contributed by atoms with Crippen LogP contribution >= 0.6 is 0 Å². The number of carbonyl (C=O) groups excluding carboxylic acids is 1. The second-order valence-electron chi connectivity index (χ2n) is 9.79. The number of hydrogen-bond acceptors (Lipinski definition) is 1. The van der Waals surface area contributed by atoms with E-state index in [-0.39, 0.29) is 28.8 Å². The van der Waals surface area contributed by atoms with Crippen LogP contribution in [0.2, 0.25) is 0 Å². The van der Waals surface area contributed by atoms with Crippen molar-refractivity contribution in [1.29, 1.82) is 0 Å². The monoisotopic (exact) mass is 555 g/mol. The summed E-state index contributed by atoms with van der Waals surface area (Å²) < 4.78 is 4.67. The maximum Gasteiger partial charge on any atom is 0.253 e. The largest absolute Gasteiger partial charge is 1.00 e. The maximum atomic E-state index is 13.4. The molecular formula is C32H34BrN3O. The number of benzene rings is 3. The Morgan fingerprint density at radius 2 is 1.51 bits per heavy atom. The normalized spacial score (nSPS) is 17.5. The van der Waals surface area contributed by atoms with Crippen molar-refractivity contribution in [3.8, 4) is 0 Å². The van der Waals surface area contributed by atoms with E-state index in [9.17, 15) is 4.79 Å². The van der Waals surface area contributed by atoms with E-state index >= 15 is 0 Å². The highest BCUT2D eigenvalue weighted by Crippen LogP contribution is 2.49. The molecule has 37 heavy (non-hydrogen) atoms. The molecule has 0 unspecified atom stereocenters. The highest BCUT2D eigenvalue weighted by molar-refractivity contribution is 5.91. The summed E-state index contributed by atoms with van der Waals surface area (Å²) in [6.45, 7) is 3.00. The van der Waals surface area contributed by atoms with E-state index in [0.29, 0.717) is 6.04 Å². The fourth-order valence-corrected chi connectivity index (χ4v) is 6.09. The molecule has 5 heteroatoms. The molecule has 0 radical (unpaired) electrons. The number of nitrogens with zero attached hydrogens (tertiary/aromatic N) is 2. The van der Waals surface area contributed by atoms with Crippen LogP contribution in [0.5, 0.6) is 0 Å². The first-order valence-electron chi connectivity index (χ1n) is 12.8. The molecule has 1 amide bonds. The third-order valence-electron chi connectivity index (χ3n) is 7.87. The number of nitrogens with two attached hydrogens (primary N) is 1. The topological polar surface area (TPSA) is 51.9 Å². The minimum absolute atomic E-state index is 0. The Morgan fingerprint density at radius 3 is 2.08 bits per heavy atom. The molecule has 1 saturated carbocycles. The number of aromatic nitrogens is 2. The molecular weight excluding hydrogens is 522 g/mol. The molecule has 4 nitrogen and oxygen atoms in total. The van der Waals surface area contributed by atoms with E-state index in [1.807, 2.05) is 42.5 Å². The molecule has 1 heterocycles. The highest BCUT2D eigenvalue weighted by Gasteiger charge is 2.51. The molecule has 0 saturated heterocycles. The van der Waals surface area contributed by atoms with Crippen LogP contribution in [-0.2, 0) is 16.8 Å². The Bertz CT molecular complexity index is 1290. The summed E-state index contributed by atoms with van der Waals surface area (Å²) in [7, 11) is 0. The lowest BCUT2D eigenvalue weighted by Gasteiger charge is -2.37. The molecule has 0 spiro atoms. The average molecular weight is 557 g/mol. The van der Waals surface area contributed by atoms with Crippen LogP contribution in [0.1, 0.15) is 47.8 Å². The first kappa shape index (κ1) is 26.6. The zero-order valence-electron chi connectivity index (χ0n) is 21.2. The van der Waals surface area contributed by atoms with Gasteiger partial charge in [0.25, 0.3) is 5.82 Å². The van der Waals surface area contributed by atoms with Gasteiger partial charge in [-0.05, 0) is 47.9 Å². The summed E-state index contributed by atoms with van der Waals surface area (Å²) in [5.74, 6) is 1.08. The van der Waals surface area contributed by atoms with Crippen molar-refractivity contribution in [2.24, 2.45) is 11.7 Å². The van der Waals surface area contributed by atoms with Gasteiger partial charge in [0.05, 0.1) is 0 Å². The summed E-state index contributed by atoms with van der Waals surface area (Å²) in [5, 5.41) is 0. The Hall–Kier alpha value is -3.44. The highest BCUT2D eigenvalue weighted by atomic mass is 79.9. The third kappa shape index (κ3) is 5.19. The van der Waals surface area contributed by atoms with E-state index in [1.165, 1.54) is 11.4 Å². The summed E-state index contributed by atoms with van der Waals surface area (Å²) >= 11 is 0. The van der Waals surface area contributed by atoms with Crippen molar-refractivity contribution >= 4 is 12.0 Å². The molecule has 1 aliphatic carbocycles. The first-order valence-corrected chi connectivity index (χ1v) is 12.8. The zero-order valence-corrected chi connectivity index (χ0v) is 22.8. The van der Waals surface area contributed by atoms with Crippen molar-refractivity contribution < 1.29 is 26.3 Å². The first-order chi connectivity index (χ1) is 17.6. The number of rotatable bonds is 8. The van der Waals surface area contributed by atoms with Crippen LogP contribution in [-0.4, -0.2) is 10.5 Å². The van der Waals surface area contributed by atoms with Gasteiger partial charge < -0.3 is 22.7 Å². The Labute approximate surface area is 230 Å². The number of primary amides is 1. The van der Waals surface area contributed by atoms with Gasteiger partial charge in [0.1, 0.15) is 30.4 Å². The van der Waals surface area contributed by atoms with E-state index in [4.69, 9.17) is 5.73 Å². The predicted molar refractivity (Wildman–Crippen MR) is 144 cm³/mol. The molecule has 0 bridgehead atoms. The number of hydrogen-bond donors (Lipinski definition) is 1. The fourth-order valence-electron chi connectivity index (χ4n) is 6.09. The molecule has 2 N–H and O–H groups in total. The molecule has 1 fully saturated rings. The van der Waals surface area contributed by atoms with E-state index in [1.54, 1.807) is 0 Å². The Morgan fingerprint density at radius 1 is 0.946 bits per heavy atom. The van der Waals surface area contributed by atoms with Crippen LogP contribution < -0.4 is 27.3 Å². The van der Waals surface area contributed by atoms with Crippen molar-refractivity contribution in [3.63, 3.8) is 0 Å².